The van der Waals surface area contributed by atoms with E-state index >= 15 is 0 Å². The molecule has 20 heavy (non-hydrogen) atoms. The van der Waals surface area contributed by atoms with Crippen molar-refractivity contribution in [3.8, 4) is 0 Å². The van der Waals surface area contributed by atoms with E-state index in [1.54, 1.807) is 6.26 Å². The van der Waals surface area contributed by atoms with Crippen molar-refractivity contribution in [2.24, 2.45) is 5.92 Å². The SMILES string of the molecule is CS1(N(F)NCCC2CC2)[C@@H]2C(O)[C@@H](O)C(CO)O[C@@H]21. The second-order valence-corrected chi connectivity index (χ2v) is 9.39. The van der Waals surface area contributed by atoms with Gasteiger partial charge in [0.15, 0.2) is 0 Å². The van der Waals surface area contributed by atoms with Gasteiger partial charge < -0.3 is 20.1 Å². The first kappa shape index (κ1) is 15.0. The number of nitrogens with one attached hydrogen (secondary N) is 1. The Labute approximate surface area is 119 Å². The summed E-state index contributed by atoms with van der Waals surface area (Å²) < 4.78 is 20.4. The number of halogens is 1. The Morgan fingerprint density at radius 3 is 2.65 bits per heavy atom. The molecule has 0 spiro atoms. The lowest BCUT2D eigenvalue weighted by Crippen LogP contribution is -2.49. The third-order valence-corrected chi connectivity index (χ3v) is 8.08. The van der Waals surface area contributed by atoms with Crippen molar-refractivity contribution in [3.05, 3.63) is 0 Å². The molecule has 6 nitrogen and oxygen atoms in total. The van der Waals surface area contributed by atoms with Gasteiger partial charge in [-0.3, -0.25) is 0 Å². The van der Waals surface area contributed by atoms with Crippen molar-refractivity contribution in [1.29, 1.82) is 0 Å². The van der Waals surface area contributed by atoms with Crippen LogP contribution in [0.4, 0.5) is 4.48 Å². The van der Waals surface area contributed by atoms with Gasteiger partial charge in [0, 0.05) is 6.54 Å². The van der Waals surface area contributed by atoms with Gasteiger partial charge in [-0.1, -0.05) is 12.8 Å². The molecular weight excluding hydrogens is 287 g/mol. The van der Waals surface area contributed by atoms with Crippen LogP contribution in [0.1, 0.15) is 19.3 Å². The molecule has 1 saturated carbocycles. The summed E-state index contributed by atoms with van der Waals surface area (Å²) in [5, 5.41) is 28.6. The van der Waals surface area contributed by atoms with E-state index in [0.29, 0.717) is 11.2 Å². The molecule has 0 bridgehead atoms. The number of aliphatic hydroxyl groups is 3. The van der Waals surface area contributed by atoms with Gasteiger partial charge in [0.2, 0.25) is 0 Å². The van der Waals surface area contributed by atoms with E-state index in [-0.39, 0.29) is 6.61 Å². The highest BCUT2D eigenvalue weighted by Gasteiger charge is 2.70. The highest BCUT2D eigenvalue weighted by Crippen LogP contribution is 2.76. The summed E-state index contributed by atoms with van der Waals surface area (Å²) in [6, 6.07) is 0. The van der Waals surface area contributed by atoms with E-state index in [1.807, 2.05) is 0 Å². The molecule has 8 heteroatoms. The van der Waals surface area contributed by atoms with Gasteiger partial charge in [-0.2, -0.15) is 0 Å². The van der Waals surface area contributed by atoms with Crippen molar-refractivity contribution in [2.45, 2.75) is 48.3 Å². The standard InChI is InChI=1S/C12H23FN2O4S/c1-20(15(13)14-5-4-7-2-3-7)11-10(18)9(17)8(6-16)19-12(11)20/h7-12,14,16-18H,2-6H2,1H3/t8?,9-,10?,11+,12+/m0/s1. The monoisotopic (exact) mass is 310 g/mol. The molecule has 118 valence electrons. The smallest absolute Gasteiger partial charge is 0.117 e. The fourth-order valence-electron chi connectivity index (χ4n) is 2.94. The highest BCUT2D eigenvalue weighted by atomic mass is 32.3. The lowest BCUT2D eigenvalue weighted by atomic mass is 10.0. The van der Waals surface area contributed by atoms with Gasteiger partial charge in [-0.15, -0.1) is 14.7 Å². The zero-order valence-corrected chi connectivity index (χ0v) is 12.3. The second-order valence-electron chi connectivity index (χ2n) is 6.06. The molecule has 3 fully saturated rings. The van der Waals surface area contributed by atoms with Crippen LogP contribution in [-0.4, -0.2) is 68.4 Å². The quantitative estimate of drug-likeness (QED) is 0.305. The number of fused-ring (bicyclic) bond motifs is 1. The minimum Gasteiger partial charge on any atom is -0.394 e. The minimum absolute atomic E-state index is 0.377. The molecule has 0 amide bonds. The first-order chi connectivity index (χ1) is 9.50. The molecule has 3 unspecified atom stereocenters. The first-order valence-corrected chi connectivity index (χ1v) is 9.20. The van der Waals surface area contributed by atoms with Gasteiger partial charge >= 0.3 is 0 Å². The lowest BCUT2D eigenvalue weighted by molar-refractivity contribution is -0.140. The number of hydrogen-bond donors (Lipinski definition) is 4. The Morgan fingerprint density at radius 1 is 1.35 bits per heavy atom. The number of rotatable bonds is 6. The molecule has 0 aromatic heterocycles. The Bertz CT molecular complexity index is 375. The van der Waals surface area contributed by atoms with E-state index in [9.17, 15) is 14.7 Å². The van der Waals surface area contributed by atoms with E-state index in [0.717, 1.165) is 12.3 Å². The molecule has 4 N–H and O–H groups in total. The molecule has 2 aliphatic heterocycles. The van der Waals surface area contributed by atoms with Crippen LogP contribution in [0, 0.1) is 5.92 Å². The van der Waals surface area contributed by atoms with E-state index in [1.165, 1.54) is 12.8 Å². The summed E-state index contributed by atoms with van der Waals surface area (Å²) in [6.45, 7) is 0.198. The van der Waals surface area contributed by atoms with Crippen LogP contribution in [0.2, 0.25) is 0 Å². The van der Waals surface area contributed by atoms with Gasteiger partial charge in [0.05, 0.1) is 18.0 Å². The van der Waals surface area contributed by atoms with Crippen molar-refractivity contribution < 1.29 is 24.5 Å². The molecule has 3 rings (SSSR count). The summed E-state index contributed by atoms with van der Waals surface area (Å²) in [6.07, 6.45) is 2.12. The van der Waals surface area contributed by atoms with Gasteiger partial charge in [-0.25, -0.2) is 5.43 Å². The zero-order valence-electron chi connectivity index (χ0n) is 11.5. The minimum atomic E-state index is -1.96. The number of hydrogen-bond acceptors (Lipinski definition) is 6. The largest absolute Gasteiger partial charge is 0.394 e. The third kappa shape index (κ3) is 2.37. The first-order valence-electron chi connectivity index (χ1n) is 7.08. The third-order valence-electron chi connectivity index (χ3n) is 4.60. The molecule has 0 radical (unpaired) electrons. The van der Waals surface area contributed by atoms with Crippen LogP contribution >= 0.6 is 10.2 Å². The molecule has 6 atom stereocenters. The molecule has 2 heterocycles. The predicted octanol–water partition coefficient (Wildman–Crippen LogP) is -0.352. The van der Waals surface area contributed by atoms with Gasteiger partial charge in [0.1, 0.15) is 17.6 Å². The Balaban J connectivity index is 1.58. The molecule has 3 aliphatic rings. The van der Waals surface area contributed by atoms with Crippen molar-refractivity contribution >= 4 is 10.2 Å². The summed E-state index contributed by atoms with van der Waals surface area (Å²) in [5.74, 6) is 0.725. The Hall–Kier alpha value is 0.0400. The fourth-order valence-corrected chi connectivity index (χ4v) is 6.27. The maximum absolute atomic E-state index is 14.3. The van der Waals surface area contributed by atoms with Crippen LogP contribution < -0.4 is 5.43 Å². The van der Waals surface area contributed by atoms with Crippen molar-refractivity contribution in [2.75, 3.05) is 19.4 Å². The summed E-state index contributed by atoms with van der Waals surface area (Å²) in [7, 11) is -1.96. The average molecular weight is 310 g/mol. The molecule has 0 aromatic rings. The molecule has 2 saturated heterocycles. The predicted molar refractivity (Wildman–Crippen MR) is 73.4 cm³/mol. The summed E-state index contributed by atoms with van der Waals surface area (Å²) in [5.41, 5.74) is 2.32. The second kappa shape index (κ2) is 5.35. The number of aliphatic hydroxyl groups excluding tert-OH is 3. The summed E-state index contributed by atoms with van der Waals surface area (Å²) in [4.78, 5) is 0. The van der Waals surface area contributed by atoms with E-state index < -0.39 is 39.2 Å². The van der Waals surface area contributed by atoms with E-state index in [4.69, 9.17) is 9.84 Å². The lowest BCUT2D eigenvalue weighted by Gasteiger charge is -2.28. The van der Waals surface area contributed by atoms with Crippen molar-refractivity contribution in [3.63, 3.8) is 0 Å². The topological polar surface area (TPSA) is 85.2 Å². The molecule has 1 aliphatic carbocycles. The van der Waals surface area contributed by atoms with Gasteiger partial charge in [0.25, 0.3) is 0 Å². The molecule has 0 aromatic carbocycles. The van der Waals surface area contributed by atoms with Gasteiger partial charge in [-0.05, 0) is 23.2 Å². The van der Waals surface area contributed by atoms with E-state index in [2.05, 4.69) is 5.43 Å². The van der Waals surface area contributed by atoms with Crippen LogP contribution in [0.25, 0.3) is 0 Å². The number of hydrazine groups is 1. The van der Waals surface area contributed by atoms with Crippen LogP contribution in [0.3, 0.4) is 0 Å². The number of ether oxygens (including phenoxy) is 1. The average Bonchev–Trinajstić information content (AvgIpc) is 3.32. The van der Waals surface area contributed by atoms with Crippen LogP contribution in [0.15, 0.2) is 0 Å². The zero-order chi connectivity index (χ0) is 14.5. The van der Waals surface area contributed by atoms with Crippen LogP contribution in [-0.2, 0) is 4.74 Å². The number of nitrogens with zero attached hydrogens (tertiary/aromatic N) is 1. The maximum Gasteiger partial charge on any atom is 0.117 e. The Kier molecular flexibility index (Phi) is 4.00. The van der Waals surface area contributed by atoms with Crippen LogP contribution in [0.5, 0.6) is 0 Å². The Morgan fingerprint density at radius 2 is 2.05 bits per heavy atom. The normalized spacial score (nSPS) is 50.6. The molecular formula is C12H23FN2O4S. The maximum atomic E-state index is 14.3. The summed E-state index contributed by atoms with van der Waals surface area (Å²) >= 11 is 0. The highest BCUT2D eigenvalue weighted by molar-refractivity contribution is 8.38. The van der Waals surface area contributed by atoms with Crippen molar-refractivity contribution in [1.82, 2.24) is 10.1 Å². The fraction of sp³-hybridized carbons (Fsp3) is 1.00.